The van der Waals surface area contributed by atoms with E-state index in [9.17, 15) is 9.18 Å². The first kappa shape index (κ1) is 11.0. The highest BCUT2D eigenvalue weighted by molar-refractivity contribution is 7.80. The first-order chi connectivity index (χ1) is 6.65. The van der Waals surface area contributed by atoms with Gasteiger partial charge in [-0.2, -0.15) is 0 Å². The van der Waals surface area contributed by atoms with E-state index in [0.29, 0.717) is 12.2 Å². The van der Waals surface area contributed by atoms with E-state index in [1.165, 1.54) is 6.07 Å². The molecule has 0 aliphatic heterocycles. The molecule has 0 aliphatic carbocycles. The van der Waals surface area contributed by atoms with Crippen LogP contribution in [0.3, 0.4) is 0 Å². The van der Waals surface area contributed by atoms with Crippen LogP contribution >= 0.6 is 12.6 Å². The molecule has 14 heavy (non-hydrogen) atoms. The topological polar surface area (TPSA) is 26.3 Å². The summed E-state index contributed by atoms with van der Waals surface area (Å²) in [7, 11) is 0. The summed E-state index contributed by atoms with van der Waals surface area (Å²) in [5.41, 5.74) is 0.316. The summed E-state index contributed by atoms with van der Waals surface area (Å²) in [6.45, 7) is 2.02. The van der Waals surface area contributed by atoms with Crippen LogP contribution in [0, 0.1) is 5.82 Å². The summed E-state index contributed by atoms with van der Waals surface area (Å²) in [6, 6.07) is 4.74. The smallest absolute Gasteiger partial charge is 0.310 e. The number of thiol groups is 1. The molecule has 0 heterocycles. The molecule has 0 N–H and O–H groups in total. The van der Waals surface area contributed by atoms with Crippen molar-refractivity contribution in [3.8, 4) is 0 Å². The first-order valence-electron chi connectivity index (χ1n) is 4.27. The lowest BCUT2D eigenvalue weighted by Crippen LogP contribution is -2.08. The summed E-state index contributed by atoms with van der Waals surface area (Å²) in [5.74, 6) is -0.880. The van der Waals surface area contributed by atoms with E-state index in [-0.39, 0.29) is 11.3 Å². The van der Waals surface area contributed by atoms with Crippen LogP contribution in [0.1, 0.15) is 12.5 Å². The molecule has 4 heteroatoms. The Kier molecular flexibility index (Phi) is 3.95. The molecule has 2 nitrogen and oxygen atoms in total. The van der Waals surface area contributed by atoms with Gasteiger partial charge in [-0.25, -0.2) is 4.39 Å². The van der Waals surface area contributed by atoms with Gasteiger partial charge in [-0.1, -0.05) is 12.1 Å². The maximum absolute atomic E-state index is 13.3. The van der Waals surface area contributed by atoms with Gasteiger partial charge >= 0.3 is 5.97 Å². The largest absolute Gasteiger partial charge is 0.466 e. The first-order valence-corrected chi connectivity index (χ1v) is 4.71. The lowest BCUT2D eigenvalue weighted by atomic mass is 10.1. The van der Waals surface area contributed by atoms with Crippen molar-refractivity contribution >= 4 is 18.6 Å². The Bertz CT molecular complexity index is 339. The summed E-state index contributed by atoms with van der Waals surface area (Å²) in [4.78, 5) is 11.3. The predicted molar refractivity (Wildman–Crippen MR) is 54.0 cm³/mol. The van der Waals surface area contributed by atoms with Crippen molar-refractivity contribution in [2.45, 2.75) is 18.2 Å². The van der Waals surface area contributed by atoms with Crippen LogP contribution in [0.25, 0.3) is 0 Å². The van der Waals surface area contributed by atoms with Gasteiger partial charge in [-0.05, 0) is 13.0 Å². The van der Waals surface area contributed by atoms with Gasteiger partial charge in [0.15, 0.2) is 0 Å². The van der Waals surface area contributed by atoms with Gasteiger partial charge in [-0.3, -0.25) is 4.79 Å². The molecule has 0 aliphatic rings. The highest BCUT2D eigenvalue weighted by atomic mass is 32.1. The summed E-state index contributed by atoms with van der Waals surface area (Å²) in [5, 5.41) is 0. The second-order valence-corrected chi connectivity index (χ2v) is 3.21. The predicted octanol–water partition coefficient (Wildman–Crippen LogP) is 2.22. The summed E-state index contributed by atoms with van der Waals surface area (Å²) < 4.78 is 18.0. The maximum Gasteiger partial charge on any atom is 0.310 e. The van der Waals surface area contributed by atoms with Crippen molar-refractivity contribution in [2.24, 2.45) is 0 Å². The molecule has 0 spiro atoms. The molecule has 1 aromatic carbocycles. The van der Waals surface area contributed by atoms with Crippen LogP contribution < -0.4 is 0 Å². The minimum atomic E-state index is -0.455. The zero-order chi connectivity index (χ0) is 10.6. The number of halogens is 1. The van der Waals surface area contributed by atoms with Gasteiger partial charge in [0.2, 0.25) is 0 Å². The average molecular weight is 214 g/mol. The second-order valence-electron chi connectivity index (χ2n) is 2.73. The third kappa shape index (κ3) is 2.73. The Hall–Kier alpha value is -1.03. The third-order valence-electron chi connectivity index (χ3n) is 1.70. The molecule has 1 rings (SSSR count). The maximum atomic E-state index is 13.3. The van der Waals surface area contributed by atoms with Gasteiger partial charge in [0.1, 0.15) is 5.82 Å². The molecule has 0 bridgehead atoms. The Labute approximate surface area is 87.5 Å². The molecule has 0 unspecified atom stereocenters. The Morgan fingerprint density at radius 2 is 2.29 bits per heavy atom. The number of esters is 1. The Morgan fingerprint density at radius 1 is 1.57 bits per heavy atom. The average Bonchev–Trinajstić information content (AvgIpc) is 2.13. The molecule has 0 amide bonds. The number of rotatable bonds is 3. The van der Waals surface area contributed by atoms with Gasteiger partial charge in [0.25, 0.3) is 0 Å². The Balaban J connectivity index is 2.76. The van der Waals surface area contributed by atoms with E-state index in [2.05, 4.69) is 12.6 Å². The van der Waals surface area contributed by atoms with E-state index in [1.807, 2.05) is 0 Å². The van der Waals surface area contributed by atoms with Crippen LogP contribution in [-0.2, 0) is 16.0 Å². The lowest BCUT2D eigenvalue weighted by Gasteiger charge is -2.04. The van der Waals surface area contributed by atoms with Crippen LogP contribution in [0.5, 0.6) is 0 Å². The normalized spacial score (nSPS) is 9.93. The van der Waals surface area contributed by atoms with Crippen LogP contribution in [0.2, 0.25) is 0 Å². The van der Waals surface area contributed by atoms with Crippen molar-refractivity contribution in [1.29, 1.82) is 0 Å². The number of carbonyl (C=O) groups is 1. The molecular weight excluding hydrogens is 203 g/mol. The van der Waals surface area contributed by atoms with Gasteiger partial charge < -0.3 is 4.74 Å². The summed E-state index contributed by atoms with van der Waals surface area (Å²) >= 11 is 3.91. The minimum Gasteiger partial charge on any atom is -0.466 e. The van der Waals surface area contributed by atoms with Crippen molar-refractivity contribution in [3.05, 3.63) is 29.6 Å². The molecule has 0 aromatic heterocycles. The molecular formula is C10H11FO2S. The highest BCUT2D eigenvalue weighted by Crippen LogP contribution is 2.16. The third-order valence-corrected chi connectivity index (χ3v) is 2.04. The molecule has 76 valence electrons. The van der Waals surface area contributed by atoms with E-state index in [4.69, 9.17) is 4.74 Å². The molecule has 0 fully saturated rings. The van der Waals surface area contributed by atoms with E-state index >= 15 is 0 Å². The standard InChI is InChI=1S/C10H11FO2S/c1-2-13-9(12)6-7-4-3-5-8(14)10(7)11/h3-5,14H,2,6H2,1H3. The number of benzene rings is 1. The monoisotopic (exact) mass is 214 g/mol. The summed E-state index contributed by atoms with van der Waals surface area (Å²) in [6.07, 6.45) is -0.0475. The second kappa shape index (κ2) is 5.00. The minimum absolute atomic E-state index is 0.0475. The van der Waals surface area contributed by atoms with Crippen molar-refractivity contribution < 1.29 is 13.9 Å². The molecule has 0 saturated heterocycles. The number of hydrogen-bond acceptors (Lipinski definition) is 3. The zero-order valence-corrected chi connectivity index (χ0v) is 8.68. The van der Waals surface area contributed by atoms with E-state index in [1.54, 1.807) is 19.1 Å². The molecule has 0 saturated carbocycles. The van der Waals surface area contributed by atoms with Gasteiger partial charge in [-0.15, -0.1) is 12.6 Å². The van der Waals surface area contributed by atoms with Gasteiger partial charge in [0, 0.05) is 10.5 Å². The molecule has 0 atom stereocenters. The van der Waals surface area contributed by atoms with Gasteiger partial charge in [0.05, 0.1) is 13.0 Å². The fraction of sp³-hybridized carbons (Fsp3) is 0.300. The SMILES string of the molecule is CCOC(=O)Cc1cccc(S)c1F. The zero-order valence-electron chi connectivity index (χ0n) is 7.79. The van der Waals surface area contributed by atoms with E-state index in [0.717, 1.165) is 0 Å². The van der Waals surface area contributed by atoms with Crippen molar-refractivity contribution in [2.75, 3.05) is 6.61 Å². The van der Waals surface area contributed by atoms with Crippen LogP contribution in [-0.4, -0.2) is 12.6 Å². The molecule has 0 radical (unpaired) electrons. The number of hydrogen-bond donors (Lipinski definition) is 1. The van der Waals surface area contributed by atoms with Crippen LogP contribution in [0.15, 0.2) is 23.1 Å². The number of carbonyl (C=O) groups excluding carboxylic acids is 1. The fourth-order valence-corrected chi connectivity index (χ4v) is 1.30. The molecule has 1 aromatic rings. The van der Waals surface area contributed by atoms with Crippen molar-refractivity contribution in [1.82, 2.24) is 0 Å². The van der Waals surface area contributed by atoms with Crippen LogP contribution in [0.4, 0.5) is 4.39 Å². The van der Waals surface area contributed by atoms with E-state index < -0.39 is 11.8 Å². The number of ether oxygens (including phenoxy) is 1. The van der Waals surface area contributed by atoms with Crippen molar-refractivity contribution in [3.63, 3.8) is 0 Å². The lowest BCUT2D eigenvalue weighted by molar-refractivity contribution is -0.142. The Morgan fingerprint density at radius 3 is 2.93 bits per heavy atom. The fourth-order valence-electron chi connectivity index (χ4n) is 1.07. The quantitative estimate of drug-likeness (QED) is 0.617. The highest BCUT2D eigenvalue weighted by Gasteiger charge is 2.10.